The summed E-state index contributed by atoms with van der Waals surface area (Å²) in [6, 6.07) is 0. The molecule has 0 amide bonds. The number of unbranched alkanes of at least 4 members (excludes halogenated alkanes) is 12. The van der Waals surface area contributed by atoms with Crippen LogP contribution in [0.3, 0.4) is 0 Å². The molecule has 2 heteroatoms. The van der Waals surface area contributed by atoms with Crippen molar-refractivity contribution in [1.82, 2.24) is 0 Å². The summed E-state index contributed by atoms with van der Waals surface area (Å²) in [5.74, 6) is 0.613. The average molecular weight is 369 g/mol. The molecule has 0 aromatic rings. The summed E-state index contributed by atoms with van der Waals surface area (Å²) < 4.78 is 5.60. The lowest BCUT2D eigenvalue weighted by Crippen LogP contribution is -2.14. The van der Waals surface area contributed by atoms with Crippen LogP contribution in [-0.2, 0) is 9.53 Å². The first-order chi connectivity index (χ1) is 12.7. The second kappa shape index (κ2) is 20.8. The van der Waals surface area contributed by atoms with Gasteiger partial charge in [-0.05, 0) is 25.2 Å². The molecule has 0 bridgehead atoms. The van der Waals surface area contributed by atoms with Gasteiger partial charge in [-0.2, -0.15) is 0 Å². The van der Waals surface area contributed by atoms with Crippen LogP contribution >= 0.6 is 0 Å². The van der Waals surface area contributed by atoms with Crippen molar-refractivity contribution < 1.29 is 9.53 Å². The van der Waals surface area contributed by atoms with Gasteiger partial charge in [-0.25, -0.2) is 0 Å². The van der Waals surface area contributed by atoms with E-state index in [4.69, 9.17) is 4.74 Å². The van der Waals surface area contributed by atoms with Crippen molar-refractivity contribution in [2.45, 2.75) is 136 Å². The topological polar surface area (TPSA) is 26.3 Å². The lowest BCUT2D eigenvalue weighted by atomic mass is 9.96. The Balaban J connectivity index is 3.73. The normalized spacial score (nSPS) is 12.3. The van der Waals surface area contributed by atoms with Crippen molar-refractivity contribution in [1.29, 1.82) is 0 Å². The van der Waals surface area contributed by atoms with Gasteiger partial charge in [0.1, 0.15) is 0 Å². The molecule has 0 heterocycles. The number of hydrogen-bond acceptors (Lipinski definition) is 2. The second-order valence-corrected chi connectivity index (χ2v) is 8.12. The second-order valence-electron chi connectivity index (χ2n) is 8.12. The largest absolute Gasteiger partial charge is 0.465 e. The summed E-state index contributed by atoms with van der Waals surface area (Å²) >= 11 is 0. The van der Waals surface area contributed by atoms with Crippen LogP contribution in [0.15, 0.2) is 0 Å². The van der Waals surface area contributed by atoms with Crippen LogP contribution < -0.4 is 0 Å². The Morgan fingerprint density at radius 2 is 1.08 bits per heavy atom. The first kappa shape index (κ1) is 25.5. The Hall–Kier alpha value is -0.530. The molecular formula is C24H48O2. The molecule has 0 N–H and O–H groups in total. The Morgan fingerprint density at radius 1 is 0.615 bits per heavy atom. The fourth-order valence-corrected chi connectivity index (χ4v) is 3.53. The molecule has 1 unspecified atom stereocenters. The minimum Gasteiger partial charge on any atom is -0.465 e. The van der Waals surface area contributed by atoms with Crippen molar-refractivity contribution >= 4 is 5.97 Å². The van der Waals surface area contributed by atoms with E-state index in [1.807, 2.05) is 0 Å². The van der Waals surface area contributed by atoms with Crippen LogP contribution in [0, 0.1) is 5.92 Å². The van der Waals surface area contributed by atoms with E-state index in [1.54, 1.807) is 0 Å². The molecule has 0 aliphatic rings. The molecule has 0 spiro atoms. The molecule has 0 aromatic carbocycles. The fourth-order valence-electron chi connectivity index (χ4n) is 3.53. The van der Waals surface area contributed by atoms with Gasteiger partial charge < -0.3 is 4.74 Å². The highest BCUT2D eigenvalue weighted by Gasteiger charge is 2.11. The molecule has 0 rings (SSSR count). The summed E-state index contributed by atoms with van der Waals surface area (Å²) in [4.78, 5) is 12.0. The molecule has 1 atom stereocenters. The maximum atomic E-state index is 12.0. The molecule has 0 aromatic heterocycles. The Labute approximate surface area is 164 Å². The van der Waals surface area contributed by atoms with Gasteiger partial charge in [0.2, 0.25) is 0 Å². The maximum Gasteiger partial charge on any atom is 0.305 e. The zero-order valence-electron chi connectivity index (χ0n) is 18.3. The first-order valence-electron chi connectivity index (χ1n) is 11.9. The van der Waals surface area contributed by atoms with Gasteiger partial charge in [0, 0.05) is 6.42 Å². The van der Waals surface area contributed by atoms with E-state index >= 15 is 0 Å². The van der Waals surface area contributed by atoms with E-state index in [0.717, 1.165) is 6.42 Å². The monoisotopic (exact) mass is 368 g/mol. The van der Waals surface area contributed by atoms with Crippen LogP contribution in [0.5, 0.6) is 0 Å². The minimum absolute atomic E-state index is 0.0306. The molecule has 0 aliphatic heterocycles. The van der Waals surface area contributed by atoms with E-state index in [0.29, 0.717) is 18.9 Å². The standard InChI is InChI=1S/C24H48O2/c1-4-7-10-12-14-16-18-21-24(25)26-22-23(19-9-6-3)20-17-15-13-11-8-5-2/h23H,4-22H2,1-3H3. The molecule has 156 valence electrons. The number of ether oxygens (including phenoxy) is 1. The highest BCUT2D eigenvalue weighted by Crippen LogP contribution is 2.19. The minimum atomic E-state index is 0.0306. The lowest BCUT2D eigenvalue weighted by Gasteiger charge is -2.17. The quantitative estimate of drug-likeness (QED) is 0.160. The van der Waals surface area contributed by atoms with Crippen molar-refractivity contribution in [2.24, 2.45) is 5.92 Å². The molecule has 2 nitrogen and oxygen atoms in total. The Morgan fingerprint density at radius 3 is 1.65 bits per heavy atom. The summed E-state index contributed by atoms with van der Waals surface area (Å²) in [5, 5.41) is 0. The predicted octanol–water partition coefficient (Wildman–Crippen LogP) is 8.23. The van der Waals surface area contributed by atoms with E-state index in [1.165, 1.54) is 103 Å². The molecular weight excluding hydrogens is 320 g/mol. The Bertz CT molecular complexity index is 288. The molecule has 0 saturated heterocycles. The lowest BCUT2D eigenvalue weighted by molar-refractivity contribution is -0.145. The van der Waals surface area contributed by atoms with Crippen molar-refractivity contribution in [3.8, 4) is 0 Å². The molecule has 0 radical (unpaired) electrons. The van der Waals surface area contributed by atoms with Gasteiger partial charge >= 0.3 is 5.97 Å². The number of esters is 1. The van der Waals surface area contributed by atoms with E-state index in [2.05, 4.69) is 20.8 Å². The van der Waals surface area contributed by atoms with E-state index in [9.17, 15) is 4.79 Å². The molecule has 26 heavy (non-hydrogen) atoms. The third-order valence-electron chi connectivity index (χ3n) is 5.40. The molecule has 0 saturated carbocycles. The zero-order chi connectivity index (χ0) is 19.3. The smallest absolute Gasteiger partial charge is 0.305 e. The fraction of sp³-hybridized carbons (Fsp3) is 0.958. The van der Waals surface area contributed by atoms with Crippen LogP contribution in [0.1, 0.15) is 136 Å². The third-order valence-corrected chi connectivity index (χ3v) is 5.40. The highest BCUT2D eigenvalue weighted by molar-refractivity contribution is 5.69. The predicted molar refractivity (Wildman–Crippen MR) is 115 cm³/mol. The van der Waals surface area contributed by atoms with E-state index in [-0.39, 0.29) is 5.97 Å². The average Bonchev–Trinajstić information content (AvgIpc) is 2.65. The molecule has 0 aliphatic carbocycles. The number of rotatable bonds is 20. The maximum absolute atomic E-state index is 12.0. The SMILES string of the molecule is CCCCCCCCCC(=O)OCC(CCCC)CCCCCCCC. The van der Waals surface area contributed by atoms with Gasteiger partial charge in [0.25, 0.3) is 0 Å². The Kier molecular flexibility index (Phi) is 20.4. The van der Waals surface area contributed by atoms with Gasteiger partial charge in [-0.15, -0.1) is 0 Å². The third kappa shape index (κ3) is 18.3. The number of carbonyl (C=O) groups is 1. The summed E-state index contributed by atoms with van der Waals surface area (Å²) in [7, 11) is 0. The van der Waals surface area contributed by atoms with Crippen LogP contribution in [0.4, 0.5) is 0 Å². The number of carbonyl (C=O) groups excluding carboxylic acids is 1. The van der Waals surface area contributed by atoms with Gasteiger partial charge in [0.05, 0.1) is 6.61 Å². The highest BCUT2D eigenvalue weighted by atomic mass is 16.5. The van der Waals surface area contributed by atoms with Gasteiger partial charge in [-0.3, -0.25) is 4.79 Å². The van der Waals surface area contributed by atoms with Crippen molar-refractivity contribution in [2.75, 3.05) is 6.61 Å². The first-order valence-corrected chi connectivity index (χ1v) is 11.9. The summed E-state index contributed by atoms with van der Waals surface area (Å²) in [5.41, 5.74) is 0. The number of hydrogen-bond donors (Lipinski definition) is 0. The molecule has 0 fully saturated rings. The van der Waals surface area contributed by atoms with Crippen LogP contribution in [0.25, 0.3) is 0 Å². The van der Waals surface area contributed by atoms with Gasteiger partial charge in [-0.1, -0.05) is 111 Å². The van der Waals surface area contributed by atoms with Crippen molar-refractivity contribution in [3.63, 3.8) is 0 Å². The zero-order valence-corrected chi connectivity index (χ0v) is 18.3. The van der Waals surface area contributed by atoms with Crippen molar-refractivity contribution in [3.05, 3.63) is 0 Å². The van der Waals surface area contributed by atoms with Crippen LogP contribution in [0.2, 0.25) is 0 Å². The van der Waals surface area contributed by atoms with Gasteiger partial charge in [0.15, 0.2) is 0 Å². The summed E-state index contributed by atoms with van der Waals surface area (Å²) in [6.07, 6.45) is 22.4. The van der Waals surface area contributed by atoms with E-state index < -0.39 is 0 Å². The summed E-state index contributed by atoms with van der Waals surface area (Å²) in [6.45, 7) is 7.41. The van der Waals surface area contributed by atoms with Crippen LogP contribution in [-0.4, -0.2) is 12.6 Å².